The first kappa shape index (κ1) is 15.9. The third-order valence-corrected chi connectivity index (χ3v) is 4.18. The molecule has 5 nitrogen and oxygen atoms in total. The van der Waals surface area contributed by atoms with Crippen molar-refractivity contribution < 1.29 is 18.7 Å². The molecule has 0 aliphatic carbocycles. The van der Waals surface area contributed by atoms with Crippen molar-refractivity contribution in [3.05, 3.63) is 34.1 Å². The van der Waals surface area contributed by atoms with E-state index in [1.165, 1.54) is 19.2 Å². The lowest BCUT2D eigenvalue weighted by atomic mass is 10.1. The summed E-state index contributed by atoms with van der Waals surface area (Å²) in [7, 11) is 1.47. The number of carbonyl (C=O) groups excluding carboxylic acids is 2. The zero-order valence-electron chi connectivity index (χ0n) is 11.6. The maximum Gasteiger partial charge on any atom is 0.255 e. The van der Waals surface area contributed by atoms with Crippen LogP contribution in [0.25, 0.3) is 0 Å². The predicted octanol–water partition coefficient (Wildman–Crippen LogP) is 1.52. The van der Waals surface area contributed by atoms with Crippen LogP contribution in [-0.4, -0.2) is 61.5 Å². The molecule has 0 unspecified atom stereocenters. The van der Waals surface area contributed by atoms with Gasteiger partial charge in [0.15, 0.2) is 0 Å². The number of hydrogen-bond acceptors (Lipinski definition) is 3. The molecule has 0 spiro atoms. The molecule has 1 aromatic carbocycles. The molecule has 1 fully saturated rings. The molecule has 0 radical (unpaired) electrons. The van der Waals surface area contributed by atoms with Gasteiger partial charge in [0.1, 0.15) is 12.4 Å². The van der Waals surface area contributed by atoms with Gasteiger partial charge in [-0.3, -0.25) is 9.59 Å². The molecule has 0 saturated carbocycles. The van der Waals surface area contributed by atoms with Crippen molar-refractivity contribution in [2.45, 2.75) is 0 Å². The van der Waals surface area contributed by atoms with Gasteiger partial charge in [0, 0.05) is 33.3 Å². The normalized spacial score (nSPS) is 15.2. The summed E-state index contributed by atoms with van der Waals surface area (Å²) in [5.41, 5.74) is 0.298. The number of rotatable bonds is 3. The van der Waals surface area contributed by atoms with Gasteiger partial charge in [-0.15, -0.1) is 0 Å². The van der Waals surface area contributed by atoms with Crippen LogP contribution in [0.5, 0.6) is 0 Å². The highest BCUT2D eigenvalue weighted by molar-refractivity contribution is 9.10. The van der Waals surface area contributed by atoms with Crippen LogP contribution >= 0.6 is 15.9 Å². The second-order valence-electron chi connectivity index (χ2n) is 4.71. The van der Waals surface area contributed by atoms with E-state index >= 15 is 0 Å². The van der Waals surface area contributed by atoms with Crippen molar-refractivity contribution in [3.63, 3.8) is 0 Å². The lowest BCUT2D eigenvalue weighted by Crippen LogP contribution is -2.51. The number of methoxy groups -OCH3 is 1. The Labute approximate surface area is 130 Å². The molecule has 21 heavy (non-hydrogen) atoms. The van der Waals surface area contributed by atoms with Crippen molar-refractivity contribution in [2.24, 2.45) is 0 Å². The molecule has 2 amide bonds. The SMILES string of the molecule is COCC(=O)N1CCN(C(=O)c2cccc(F)c2Br)CC1. The Hall–Kier alpha value is -1.47. The maximum atomic E-state index is 13.5. The van der Waals surface area contributed by atoms with Crippen molar-refractivity contribution >= 4 is 27.7 Å². The third-order valence-electron chi connectivity index (χ3n) is 3.37. The number of nitrogens with zero attached hydrogens (tertiary/aromatic N) is 2. The van der Waals surface area contributed by atoms with Crippen LogP contribution in [0.4, 0.5) is 4.39 Å². The highest BCUT2D eigenvalue weighted by Gasteiger charge is 2.26. The molecule has 2 rings (SSSR count). The van der Waals surface area contributed by atoms with Gasteiger partial charge in [-0.05, 0) is 28.1 Å². The van der Waals surface area contributed by atoms with Gasteiger partial charge >= 0.3 is 0 Å². The quantitative estimate of drug-likeness (QED) is 0.822. The van der Waals surface area contributed by atoms with Crippen LogP contribution in [0, 0.1) is 5.82 Å². The minimum Gasteiger partial charge on any atom is -0.375 e. The Morgan fingerprint density at radius 2 is 1.86 bits per heavy atom. The maximum absolute atomic E-state index is 13.5. The van der Waals surface area contributed by atoms with Crippen molar-refractivity contribution in [1.82, 2.24) is 9.80 Å². The van der Waals surface area contributed by atoms with E-state index in [0.717, 1.165) is 0 Å². The summed E-state index contributed by atoms with van der Waals surface area (Å²) < 4.78 is 18.5. The molecule has 7 heteroatoms. The van der Waals surface area contributed by atoms with E-state index in [1.54, 1.807) is 15.9 Å². The fourth-order valence-corrected chi connectivity index (χ4v) is 2.65. The largest absolute Gasteiger partial charge is 0.375 e. The summed E-state index contributed by atoms with van der Waals surface area (Å²) in [5.74, 6) is -0.786. The molecular formula is C14H16BrFN2O3. The van der Waals surface area contributed by atoms with Gasteiger partial charge in [0.2, 0.25) is 5.91 Å². The van der Waals surface area contributed by atoms with Gasteiger partial charge in [0.05, 0.1) is 10.0 Å². The van der Waals surface area contributed by atoms with Gasteiger partial charge in [0.25, 0.3) is 5.91 Å². The second-order valence-corrected chi connectivity index (χ2v) is 5.50. The molecule has 0 bridgehead atoms. The fourth-order valence-electron chi connectivity index (χ4n) is 2.21. The van der Waals surface area contributed by atoms with Gasteiger partial charge in [-0.25, -0.2) is 4.39 Å². The minimum absolute atomic E-state index is 0.0450. The first-order valence-corrected chi connectivity index (χ1v) is 7.34. The summed E-state index contributed by atoms with van der Waals surface area (Å²) in [5, 5.41) is 0. The van der Waals surface area contributed by atoms with Gasteiger partial charge in [-0.2, -0.15) is 0 Å². The summed E-state index contributed by atoms with van der Waals surface area (Å²) in [4.78, 5) is 27.3. The molecule has 0 aromatic heterocycles. The van der Waals surface area contributed by atoms with Crippen LogP contribution < -0.4 is 0 Å². The number of amides is 2. The standard InChI is InChI=1S/C14H16BrFN2O3/c1-21-9-12(19)17-5-7-18(8-6-17)14(20)10-3-2-4-11(16)13(10)15/h2-4H,5-9H2,1H3. The first-order valence-electron chi connectivity index (χ1n) is 6.54. The summed E-state index contributed by atoms with van der Waals surface area (Å²) >= 11 is 3.10. The Bertz CT molecular complexity index is 545. The van der Waals surface area contributed by atoms with E-state index < -0.39 is 5.82 Å². The van der Waals surface area contributed by atoms with Crippen LogP contribution in [0.3, 0.4) is 0 Å². The number of ether oxygens (including phenoxy) is 1. The van der Waals surface area contributed by atoms with Crippen molar-refractivity contribution in [2.75, 3.05) is 39.9 Å². The van der Waals surface area contributed by atoms with E-state index in [2.05, 4.69) is 15.9 Å². The number of piperazine rings is 1. The second kappa shape index (κ2) is 7.00. The van der Waals surface area contributed by atoms with Crippen LogP contribution in [0.2, 0.25) is 0 Å². The monoisotopic (exact) mass is 358 g/mol. The third kappa shape index (κ3) is 3.59. The molecule has 1 heterocycles. The van der Waals surface area contributed by atoms with Crippen LogP contribution in [0.1, 0.15) is 10.4 Å². The average molecular weight is 359 g/mol. The number of halogens is 2. The lowest BCUT2D eigenvalue weighted by molar-refractivity contribution is -0.136. The molecule has 0 N–H and O–H groups in total. The fraction of sp³-hybridized carbons (Fsp3) is 0.429. The van der Waals surface area contributed by atoms with Crippen LogP contribution in [-0.2, 0) is 9.53 Å². The Kier molecular flexibility index (Phi) is 5.30. The molecule has 1 aromatic rings. The Morgan fingerprint density at radius 3 is 2.48 bits per heavy atom. The van der Waals surface area contributed by atoms with E-state index in [1.807, 2.05) is 0 Å². The first-order chi connectivity index (χ1) is 10.0. The van der Waals surface area contributed by atoms with E-state index in [9.17, 15) is 14.0 Å². The predicted molar refractivity (Wildman–Crippen MR) is 78.5 cm³/mol. The molecule has 0 atom stereocenters. The van der Waals surface area contributed by atoms with Gasteiger partial charge in [-0.1, -0.05) is 6.07 Å². The van der Waals surface area contributed by atoms with E-state index in [4.69, 9.17) is 4.74 Å². The summed E-state index contributed by atoms with van der Waals surface area (Å²) in [6.07, 6.45) is 0. The van der Waals surface area contributed by atoms with Crippen molar-refractivity contribution in [3.8, 4) is 0 Å². The number of carbonyl (C=O) groups is 2. The lowest BCUT2D eigenvalue weighted by Gasteiger charge is -2.34. The molecule has 1 saturated heterocycles. The van der Waals surface area contributed by atoms with E-state index in [0.29, 0.717) is 31.7 Å². The number of hydrogen-bond donors (Lipinski definition) is 0. The number of benzene rings is 1. The van der Waals surface area contributed by atoms with Crippen LogP contribution in [0.15, 0.2) is 22.7 Å². The zero-order chi connectivity index (χ0) is 15.4. The summed E-state index contributed by atoms with van der Waals surface area (Å²) in [6, 6.07) is 4.38. The smallest absolute Gasteiger partial charge is 0.255 e. The molecule has 114 valence electrons. The molecule has 1 aliphatic rings. The molecule has 1 aliphatic heterocycles. The Morgan fingerprint density at radius 1 is 1.24 bits per heavy atom. The minimum atomic E-state index is -0.463. The highest BCUT2D eigenvalue weighted by Crippen LogP contribution is 2.22. The van der Waals surface area contributed by atoms with E-state index in [-0.39, 0.29) is 22.9 Å². The topological polar surface area (TPSA) is 49.9 Å². The zero-order valence-corrected chi connectivity index (χ0v) is 13.2. The Balaban J connectivity index is 2.00. The van der Waals surface area contributed by atoms with Gasteiger partial charge < -0.3 is 14.5 Å². The van der Waals surface area contributed by atoms with Crippen molar-refractivity contribution in [1.29, 1.82) is 0 Å². The molecular weight excluding hydrogens is 343 g/mol. The average Bonchev–Trinajstić information content (AvgIpc) is 2.50. The summed E-state index contributed by atoms with van der Waals surface area (Å²) in [6.45, 7) is 1.82. The highest BCUT2D eigenvalue weighted by atomic mass is 79.9.